The number of hydrogen-bond acceptors (Lipinski definition) is 2. The molecule has 1 aromatic heterocycles. The van der Waals surface area contributed by atoms with E-state index in [4.69, 9.17) is 16.3 Å². The van der Waals surface area contributed by atoms with E-state index in [2.05, 4.69) is 16.9 Å². The van der Waals surface area contributed by atoms with Crippen LogP contribution in [0.15, 0.2) is 18.2 Å². The lowest BCUT2D eigenvalue weighted by atomic mass is 9.99. The van der Waals surface area contributed by atoms with Crippen molar-refractivity contribution >= 4 is 22.6 Å². The zero-order valence-electron chi connectivity index (χ0n) is 9.74. The minimum absolute atomic E-state index is 0.297. The summed E-state index contributed by atoms with van der Waals surface area (Å²) in [4.78, 5) is 8.01. The van der Waals surface area contributed by atoms with Crippen molar-refractivity contribution in [3.63, 3.8) is 0 Å². The maximum Gasteiger partial charge on any atom is 0.113 e. The summed E-state index contributed by atoms with van der Waals surface area (Å²) in [5.41, 5.74) is 1.99. The first-order valence-corrected chi connectivity index (χ1v) is 6.42. The summed E-state index contributed by atoms with van der Waals surface area (Å²) in [6.45, 7) is 2.99. The maximum atomic E-state index is 5.97. The average Bonchev–Trinajstić information content (AvgIpc) is 2.93. The molecule has 1 aliphatic heterocycles. The van der Waals surface area contributed by atoms with Gasteiger partial charge in [0.05, 0.1) is 17.1 Å². The van der Waals surface area contributed by atoms with Crippen molar-refractivity contribution in [2.75, 3.05) is 6.61 Å². The smallest absolute Gasteiger partial charge is 0.113 e. The van der Waals surface area contributed by atoms with Crippen LogP contribution in [-0.2, 0) is 4.74 Å². The Labute approximate surface area is 105 Å². The first-order valence-electron chi connectivity index (χ1n) is 6.04. The SMILES string of the molecule is CCC1OCCC1c1nc2ccc(Cl)cc2[nH]1. The molecule has 90 valence electrons. The zero-order chi connectivity index (χ0) is 11.8. The molecular formula is C13H15ClN2O. The first-order chi connectivity index (χ1) is 8.28. The Bertz CT molecular complexity index is 537. The van der Waals surface area contributed by atoms with E-state index in [9.17, 15) is 0 Å². The zero-order valence-corrected chi connectivity index (χ0v) is 10.5. The summed E-state index contributed by atoms with van der Waals surface area (Å²) in [7, 11) is 0. The van der Waals surface area contributed by atoms with E-state index in [0.29, 0.717) is 12.0 Å². The van der Waals surface area contributed by atoms with Crippen LogP contribution in [0.25, 0.3) is 11.0 Å². The quantitative estimate of drug-likeness (QED) is 0.886. The van der Waals surface area contributed by atoms with Gasteiger partial charge in [0, 0.05) is 17.5 Å². The summed E-state index contributed by atoms with van der Waals surface area (Å²) in [6.07, 6.45) is 2.38. The van der Waals surface area contributed by atoms with Crippen LogP contribution in [0.2, 0.25) is 5.02 Å². The molecule has 2 atom stereocenters. The predicted octanol–water partition coefficient (Wildman–Crippen LogP) is 3.50. The van der Waals surface area contributed by atoms with Crippen molar-refractivity contribution in [2.45, 2.75) is 31.8 Å². The summed E-state index contributed by atoms with van der Waals surface area (Å²) >= 11 is 5.97. The van der Waals surface area contributed by atoms with Gasteiger partial charge in [-0.15, -0.1) is 0 Å². The van der Waals surface area contributed by atoms with E-state index in [1.165, 1.54) is 0 Å². The molecule has 1 aromatic carbocycles. The predicted molar refractivity (Wildman–Crippen MR) is 68.5 cm³/mol. The molecule has 1 fully saturated rings. The van der Waals surface area contributed by atoms with Crippen molar-refractivity contribution in [1.29, 1.82) is 0 Å². The Morgan fingerprint density at radius 1 is 1.53 bits per heavy atom. The molecular weight excluding hydrogens is 236 g/mol. The third-order valence-corrected chi connectivity index (χ3v) is 3.66. The molecule has 4 heteroatoms. The van der Waals surface area contributed by atoms with Gasteiger partial charge >= 0.3 is 0 Å². The van der Waals surface area contributed by atoms with Crippen LogP contribution in [-0.4, -0.2) is 22.7 Å². The van der Waals surface area contributed by atoms with Gasteiger partial charge in [-0.3, -0.25) is 0 Å². The fraction of sp³-hybridized carbons (Fsp3) is 0.462. The maximum absolute atomic E-state index is 5.97. The Morgan fingerprint density at radius 2 is 2.41 bits per heavy atom. The highest BCUT2D eigenvalue weighted by atomic mass is 35.5. The highest BCUT2D eigenvalue weighted by Crippen LogP contribution is 2.32. The molecule has 2 unspecified atom stereocenters. The number of halogens is 1. The Hall–Kier alpha value is -1.06. The van der Waals surface area contributed by atoms with Crippen LogP contribution in [0.5, 0.6) is 0 Å². The van der Waals surface area contributed by atoms with Crippen molar-refractivity contribution in [3.8, 4) is 0 Å². The number of aromatic nitrogens is 2. The number of nitrogens with zero attached hydrogens (tertiary/aromatic N) is 1. The molecule has 3 nitrogen and oxygen atoms in total. The van der Waals surface area contributed by atoms with Gasteiger partial charge in [0.2, 0.25) is 0 Å². The van der Waals surface area contributed by atoms with E-state index in [0.717, 1.165) is 41.3 Å². The van der Waals surface area contributed by atoms with Crippen molar-refractivity contribution in [2.24, 2.45) is 0 Å². The van der Waals surface area contributed by atoms with Crippen LogP contribution in [0.1, 0.15) is 31.5 Å². The Balaban J connectivity index is 2.00. The fourth-order valence-corrected chi connectivity index (χ4v) is 2.71. The molecule has 0 aliphatic carbocycles. The lowest BCUT2D eigenvalue weighted by Crippen LogP contribution is -2.13. The highest BCUT2D eigenvalue weighted by molar-refractivity contribution is 6.31. The van der Waals surface area contributed by atoms with Crippen LogP contribution in [0.4, 0.5) is 0 Å². The largest absolute Gasteiger partial charge is 0.377 e. The molecule has 0 spiro atoms. The lowest BCUT2D eigenvalue weighted by Gasteiger charge is -2.13. The highest BCUT2D eigenvalue weighted by Gasteiger charge is 2.30. The van der Waals surface area contributed by atoms with Gasteiger partial charge < -0.3 is 9.72 Å². The third-order valence-electron chi connectivity index (χ3n) is 3.43. The van der Waals surface area contributed by atoms with Gasteiger partial charge in [0.15, 0.2) is 0 Å². The number of aromatic amines is 1. The van der Waals surface area contributed by atoms with E-state index < -0.39 is 0 Å². The first kappa shape index (κ1) is 11.1. The van der Waals surface area contributed by atoms with Gasteiger partial charge in [-0.2, -0.15) is 0 Å². The molecule has 1 saturated heterocycles. The Morgan fingerprint density at radius 3 is 3.24 bits per heavy atom. The van der Waals surface area contributed by atoms with E-state index in [1.54, 1.807) is 0 Å². The molecule has 0 bridgehead atoms. The van der Waals surface area contributed by atoms with Crippen LogP contribution in [0, 0.1) is 0 Å². The number of ether oxygens (including phenoxy) is 1. The minimum Gasteiger partial charge on any atom is -0.377 e. The van der Waals surface area contributed by atoms with Crippen LogP contribution in [0.3, 0.4) is 0 Å². The summed E-state index contributed by atoms with van der Waals surface area (Å²) in [5, 5.41) is 0.738. The van der Waals surface area contributed by atoms with Crippen molar-refractivity contribution in [3.05, 3.63) is 29.0 Å². The van der Waals surface area contributed by atoms with Gasteiger partial charge in [0.1, 0.15) is 5.82 Å². The van der Waals surface area contributed by atoms with E-state index in [1.807, 2.05) is 18.2 Å². The normalized spacial score (nSPS) is 24.6. The molecule has 17 heavy (non-hydrogen) atoms. The number of hydrogen-bond donors (Lipinski definition) is 1. The minimum atomic E-state index is 0.297. The van der Waals surface area contributed by atoms with Crippen LogP contribution >= 0.6 is 11.6 Å². The second kappa shape index (κ2) is 4.31. The van der Waals surface area contributed by atoms with E-state index in [-0.39, 0.29) is 0 Å². The van der Waals surface area contributed by atoms with Crippen molar-refractivity contribution < 1.29 is 4.74 Å². The third kappa shape index (κ3) is 1.94. The number of fused-ring (bicyclic) bond motifs is 1. The Kier molecular flexibility index (Phi) is 2.81. The lowest BCUT2D eigenvalue weighted by molar-refractivity contribution is 0.0996. The molecule has 1 N–H and O–H groups in total. The van der Waals surface area contributed by atoms with Gasteiger partial charge in [-0.25, -0.2) is 4.98 Å². The summed E-state index contributed by atoms with van der Waals surface area (Å²) < 4.78 is 5.70. The molecule has 2 heterocycles. The molecule has 3 rings (SSSR count). The van der Waals surface area contributed by atoms with Gasteiger partial charge in [0.25, 0.3) is 0 Å². The fourth-order valence-electron chi connectivity index (χ4n) is 2.54. The van der Waals surface area contributed by atoms with E-state index >= 15 is 0 Å². The number of H-pyrrole nitrogens is 1. The average molecular weight is 251 g/mol. The second-order valence-corrected chi connectivity index (χ2v) is 4.93. The van der Waals surface area contributed by atoms with Crippen LogP contribution < -0.4 is 0 Å². The number of benzene rings is 1. The molecule has 0 saturated carbocycles. The molecule has 2 aromatic rings. The monoisotopic (exact) mass is 250 g/mol. The number of nitrogens with one attached hydrogen (secondary N) is 1. The topological polar surface area (TPSA) is 37.9 Å². The standard InChI is InChI=1S/C13H15ClN2O/c1-2-12-9(5-6-17-12)13-15-10-4-3-8(14)7-11(10)16-13/h3-4,7,9,12H,2,5-6H2,1H3,(H,15,16). The van der Waals surface area contributed by atoms with Gasteiger partial charge in [-0.1, -0.05) is 18.5 Å². The summed E-state index contributed by atoms with van der Waals surface area (Å²) in [5.74, 6) is 1.43. The van der Waals surface area contributed by atoms with Gasteiger partial charge in [-0.05, 0) is 31.0 Å². The number of rotatable bonds is 2. The number of imidazole rings is 1. The molecule has 0 amide bonds. The van der Waals surface area contributed by atoms with Crippen molar-refractivity contribution in [1.82, 2.24) is 9.97 Å². The molecule has 1 aliphatic rings. The molecule has 0 radical (unpaired) electrons. The summed E-state index contributed by atoms with van der Waals surface area (Å²) in [6, 6.07) is 5.75. The second-order valence-electron chi connectivity index (χ2n) is 4.50.